The largest absolute Gasteiger partial charge is 0.417 e. The van der Waals surface area contributed by atoms with E-state index in [1.165, 1.54) is 23.4 Å². The van der Waals surface area contributed by atoms with E-state index in [4.69, 9.17) is 11.6 Å². The predicted molar refractivity (Wildman–Crippen MR) is 109 cm³/mol. The van der Waals surface area contributed by atoms with Gasteiger partial charge in [-0.15, -0.1) is 0 Å². The number of carbonyl (C=O) groups is 1. The third-order valence-electron chi connectivity index (χ3n) is 5.15. The Morgan fingerprint density at radius 3 is 2.55 bits per heavy atom. The smallest absolute Gasteiger partial charge is 0.357 e. The zero-order valence-corrected chi connectivity index (χ0v) is 16.9. The number of alkyl halides is 3. The molecule has 3 aromatic rings. The summed E-state index contributed by atoms with van der Waals surface area (Å²) in [5.41, 5.74) is 0.381. The summed E-state index contributed by atoms with van der Waals surface area (Å²) in [4.78, 5) is 22.6. The Balaban J connectivity index is 1.40. The van der Waals surface area contributed by atoms with E-state index in [1.807, 2.05) is 4.90 Å². The van der Waals surface area contributed by atoms with Crippen molar-refractivity contribution >= 4 is 29.0 Å². The number of carbonyl (C=O) groups excluding carboxylic acids is 1. The van der Waals surface area contributed by atoms with Crippen LogP contribution in [0.3, 0.4) is 0 Å². The molecule has 1 amide bonds. The Labute approximate surface area is 180 Å². The number of hydrogen-bond acceptors (Lipinski definition) is 5. The van der Waals surface area contributed by atoms with Crippen molar-refractivity contribution < 1.29 is 18.0 Å². The molecule has 162 valence electrons. The maximum absolute atomic E-state index is 12.8. The summed E-state index contributed by atoms with van der Waals surface area (Å²) in [7, 11) is 0. The normalized spacial score (nSPS) is 15.2. The number of nitrogens with zero attached hydrogens (tertiary/aromatic N) is 5. The number of piperidine rings is 1. The fourth-order valence-electron chi connectivity index (χ4n) is 3.49. The first kappa shape index (κ1) is 21.1. The second kappa shape index (κ2) is 8.54. The van der Waals surface area contributed by atoms with Gasteiger partial charge in [0.2, 0.25) is 5.91 Å². The Morgan fingerprint density at radius 1 is 1.16 bits per heavy atom. The number of benzene rings is 1. The molecule has 31 heavy (non-hydrogen) atoms. The van der Waals surface area contributed by atoms with Crippen molar-refractivity contribution in [3.8, 4) is 5.69 Å². The molecule has 0 unspecified atom stereocenters. The highest BCUT2D eigenvalue weighted by Gasteiger charge is 2.31. The third kappa shape index (κ3) is 4.79. The molecule has 0 aliphatic carbocycles. The Bertz CT molecular complexity index is 1050. The molecule has 0 radical (unpaired) electrons. The molecule has 1 N–H and O–H groups in total. The van der Waals surface area contributed by atoms with Crippen molar-refractivity contribution in [2.45, 2.75) is 19.0 Å². The number of amides is 1. The van der Waals surface area contributed by atoms with Crippen LogP contribution in [0.2, 0.25) is 5.02 Å². The first-order valence-electron chi connectivity index (χ1n) is 9.55. The second-order valence-electron chi connectivity index (χ2n) is 7.15. The second-order valence-corrected chi connectivity index (χ2v) is 7.59. The highest BCUT2D eigenvalue weighted by Crippen LogP contribution is 2.31. The minimum Gasteiger partial charge on any atom is -0.357 e. The lowest BCUT2D eigenvalue weighted by Crippen LogP contribution is -2.38. The highest BCUT2D eigenvalue weighted by molar-refractivity contribution is 6.31. The number of pyridine rings is 1. The van der Waals surface area contributed by atoms with Crippen LogP contribution in [0, 0.1) is 5.92 Å². The summed E-state index contributed by atoms with van der Waals surface area (Å²) < 4.78 is 39.7. The quantitative estimate of drug-likeness (QED) is 0.645. The van der Waals surface area contributed by atoms with E-state index in [0.717, 1.165) is 12.3 Å². The molecule has 3 heterocycles. The van der Waals surface area contributed by atoms with E-state index in [-0.39, 0.29) is 11.8 Å². The molecular formula is C20H18ClF3N6O. The van der Waals surface area contributed by atoms with Gasteiger partial charge in [-0.3, -0.25) is 4.79 Å². The van der Waals surface area contributed by atoms with Gasteiger partial charge >= 0.3 is 6.18 Å². The summed E-state index contributed by atoms with van der Waals surface area (Å²) >= 11 is 6.09. The van der Waals surface area contributed by atoms with E-state index >= 15 is 0 Å². The number of nitrogens with one attached hydrogen (secondary N) is 1. The summed E-state index contributed by atoms with van der Waals surface area (Å²) in [5.74, 6) is 0.0760. The molecule has 1 aliphatic heterocycles. The minimum absolute atomic E-state index is 0.149. The Morgan fingerprint density at radius 2 is 1.94 bits per heavy atom. The lowest BCUT2D eigenvalue weighted by molar-refractivity contribution is -0.137. The summed E-state index contributed by atoms with van der Waals surface area (Å²) in [6, 6.07) is 7.47. The van der Waals surface area contributed by atoms with Crippen molar-refractivity contribution in [3.05, 3.63) is 59.8 Å². The number of hydrogen-bond donors (Lipinski definition) is 1. The van der Waals surface area contributed by atoms with Crippen LogP contribution in [-0.2, 0) is 11.0 Å². The average molecular weight is 451 g/mol. The SMILES string of the molecule is O=C(Nc1cc(Cl)ccc1-n1cncn1)C1CCN(c2ccc(C(F)(F)F)cn2)CC1. The average Bonchev–Trinajstić information content (AvgIpc) is 3.28. The molecule has 11 heteroatoms. The van der Waals surface area contributed by atoms with E-state index in [1.54, 1.807) is 18.2 Å². The van der Waals surface area contributed by atoms with Crippen LogP contribution in [-0.4, -0.2) is 38.7 Å². The standard InChI is InChI=1S/C20H18ClF3N6O/c21-15-2-3-17(30-12-25-11-27-30)16(9-15)28-19(31)13-5-7-29(8-6-13)18-4-1-14(10-26-18)20(22,23)24/h1-4,9-13H,5-8H2,(H,28,31). The van der Waals surface area contributed by atoms with Gasteiger partial charge in [-0.1, -0.05) is 11.6 Å². The van der Waals surface area contributed by atoms with Crippen LogP contribution in [0.5, 0.6) is 0 Å². The van der Waals surface area contributed by atoms with Crippen LogP contribution in [0.4, 0.5) is 24.7 Å². The fourth-order valence-corrected chi connectivity index (χ4v) is 3.66. The summed E-state index contributed by atoms with van der Waals surface area (Å²) in [5, 5.41) is 7.48. The molecule has 0 atom stereocenters. The molecule has 2 aromatic heterocycles. The van der Waals surface area contributed by atoms with Crippen molar-refractivity contribution in [2.75, 3.05) is 23.3 Å². The molecule has 1 fully saturated rings. The van der Waals surface area contributed by atoms with Crippen LogP contribution in [0.15, 0.2) is 49.2 Å². The Hall–Kier alpha value is -3.14. The van der Waals surface area contributed by atoms with Gasteiger partial charge in [-0.05, 0) is 43.2 Å². The third-order valence-corrected chi connectivity index (χ3v) is 5.38. The molecule has 0 spiro atoms. The Kier molecular flexibility index (Phi) is 5.81. The fraction of sp³-hybridized carbons (Fsp3) is 0.300. The van der Waals surface area contributed by atoms with Crippen molar-refractivity contribution in [3.63, 3.8) is 0 Å². The molecule has 1 aromatic carbocycles. The molecule has 0 saturated carbocycles. The lowest BCUT2D eigenvalue weighted by atomic mass is 9.95. The minimum atomic E-state index is -4.41. The van der Waals surface area contributed by atoms with Gasteiger partial charge in [0.1, 0.15) is 18.5 Å². The number of rotatable bonds is 4. The van der Waals surface area contributed by atoms with Crippen LogP contribution < -0.4 is 10.2 Å². The van der Waals surface area contributed by atoms with Crippen molar-refractivity contribution in [2.24, 2.45) is 5.92 Å². The molecule has 1 saturated heterocycles. The maximum atomic E-state index is 12.8. The van der Waals surface area contributed by atoms with Gasteiger partial charge in [0.15, 0.2) is 0 Å². The zero-order chi connectivity index (χ0) is 22.0. The van der Waals surface area contributed by atoms with Crippen LogP contribution >= 0.6 is 11.6 Å². The summed E-state index contributed by atoms with van der Waals surface area (Å²) in [6.45, 7) is 1.03. The number of halogens is 4. The molecule has 4 rings (SSSR count). The number of anilines is 2. The van der Waals surface area contributed by atoms with Gasteiger partial charge in [0, 0.05) is 30.2 Å². The topological polar surface area (TPSA) is 75.9 Å². The van der Waals surface area contributed by atoms with Gasteiger partial charge in [-0.25, -0.2) is 14.6 Å². The first-order valence-corrected chi connectivity index (χ1v) is 9.92. The van der Waals surface area contributed by atoms with Crippen LogP contribution in [0.1, 0.15) is 18.4 Å². The van der Waals surface area contributed by atoms with Gasteiger partial charge < -0.3 is 10.2 Å². The molecule has 7 nitrogen and oxygen atoms in total. The summed E-state index contributed by atoms with van der Waals surface area (Å²) in [6.07, 6.45) is 0.433. The monoisotopic (exact) mass is 450 g/mol. The maximum Gasteiger partial charge on any atom is 0.417 e. The first-order chi connectivity index (χ1) is 14.8. The number of aromatic nitrogens is 4. The van der Waals surface area contributed by atoms with E-state index in [0.29, 0.717) is 48.1 Å². The van der Waals surface area contributed by atoms with Gasteiger partial charge in [0.25, 0.3) is 0 Å². The lowest BCUT2D eigenvalue weighted by Gasteiger charge is -2.32. The molecule has 1 aliphatic rings. The van der Waals surface area contributed by atoms with Gasteiger partial charge in [-0.2, -0.15) is 18.3 Å². The van der Waals surface area contributed by atoms with E-state index in [2.05, 4.69) is 20.4 Å². The van der Waals surface area contributed by atoms with Crippen LogP contribution in [0.25, 0.3) is 5.69 Å². The zero-order valence-electron chi connectivity index (χ0n) is 16.2. The van der Waals surface area contributed by atoms with Crippen molar-refractivity contribution in [1.82, 2.24) is 19.7 Å². The molecule has 0 bridgehead atoms. The highest BCUT2D eigenvalue weighted by atomic mass is 35.5. The van der Waals surface area contributed by atoms with Crippen molar-refractivity contribution in [1.29, 1.82) is 0 Å². The predicted octanol–water partition coefficient (Wildman–Crippen LogP) is 4.19. The van der Waals surface area contributed by atoms with E-state index in [9.17, 15) is 18.0 Å². The molecular weight excluding hydrogens is 433 g/mol. The van der Waals surface area contributed by atoms with E-state index < -0.39 is 11.7 Å². The van der Waals surface area contributed by atoms with Gasteiger partial charge in [0.05, 0.1) is 16.9 Å².